The van der Waals surface area contributed by atoms with Gasteiger partial charge >= 0.3 is 5.97 Å². The molecule has 0 aliphatic heterocycles. The second-order valence-electron chi connectivity index (χ2n) is 4.89. The van der Waals surface area contributed by atoms with E-state index in [2.05, 4.69) is 5.16 Å². The summed E-state index contributed by atoms with van der Waals surface area (Å²) in [7, 11) is 0. The summed E-state index contributed by atoms with van der Waals surface area (Å²) in [4.78, 5) is 11.5. The lowest BCUT2D eigenvalue weighted by atomic mass is 10.0. The quantitative estimate of drug-likeness (QED) is 0.899. The van der Waals surface area contributed by atoms with Crippen LogP contribution >= 0.6 is 23.2 Å². The summed E-state index contributed by atoms with van der Waals surface area (Å²) in [6.07, 6.45) is 0.503. The Hall–Kier alpha value is -1.52. The molecular weight excluding hydrogens is 301 g/mol. The van der Waals surface area contributed by atoms with Crippen molar-refractivity contribution < 1.29 is 14.4 Å². The number of aromatic nitrogens is 1. The maximum atomic E-state index is 11.5. The predicted octanol–water partition coefficient (Wildman–Crippen LogP) is 4.55. The molecule has 1 aromatic heterocycles. The Balaban J connectivity index is 2.56. The maximum Gasteiger partial charge on any atom is 0.341 e. The largest absolute Gasteiger partial charge is 0.477 e. The first kappa shape index (κ1) is 14.9. The second-order valence-corrected chi connectivity index (χ2v) is 5.76. The number of nitrogens with zero attached hydrogens (tertiary/aromatic N) is 1. The lowest BCUT2D eigenvalue weighted by molar-refractivity contribution is 0.0695. The molecule has 2 aromatic rings. The Morgan fingerprint density at radius 1 is 1.30 bits per heavy atom. The van der Waals surface area contributed by atoms with Crippen LogP contribution in [0.15, 0.2) is 22.7 Å². The van der Waals surface area contributed by atoms with Crippen molar-refractivity contribution in [3.8, 4) is 11.3 Å². The summed E-state index contributed by atoms with van der Waals surface area (Å²) in [5, 5.41) is 14.1. The molecule has 0 amide bonds. The van der Waals surface area contributed by atoms with E-state index in [9.17, 15) is 9.90 Å². The van der Waals surface area contributed by atoms with Crippen LogP contribution in [0.4, 0.5) is 0 Å². The number of carbonyl (C=O) groups is 1. The van der Waals surface area contributed by atoms with Gasteiger partial charge in [-0.1, -0.05) is 42.2 Å². The lowest BCUT2D eigenvalue weighted by Gasteiger charge is -2.03. The zero-order valence-corrected chi connectivity index (χ0v) is 12.5. The molecule has 20 heavy (non-hydrogen) atoms. The first-order valence-electron chi connectivity index (χ1n) is 6.06. The highest BCUT2D eigenvalue weighted by Crippen LogP contribution is 2.31. The standard InChI is InChI=1S/C14H13Cl2NO3/c1-7(2)3-11-12(14(18)19)13(17-20-11)8-4-9(15)6-10(16)5-8/h4-7H,3H2,1-2H3,(H,18,19). The predicted molar refractivity (Wildman–Crippen MR) is 77.5 cm³/mol. The number of hydrogen-bond acceptors (Lipinski definition) is 3. The summed E-state index contributed by atoms with van der Waals surface area (Å²) >= 11 is 11.9. The van der Waals surface area contributed by atoms with E-state index in [0.717, 1.165) is 0 Å². The number of aromatic carboxylic acids is 1. The Morgan fingerprint density at radius 2 is 1.90 bits per heavy atom. The van der Waals surface area contributed by atoms with Crippen LogP contribution in [-0.2, 0) is 6.42 Å². The molecule has 0 spiro atoms. The normalized spacial score (nSPS) is 11.1. The van der Waals surface area contributed by atoms with Gasteiger partial charge in [-0.15, -0.1) is 0 Å². The fraction of sp³-hybridized carbons (Fsp3) is 0.286. The molecule has 0 saturated heterocycles. The fourth-order valence-corrected chi connectivity index (χ4v) is 2.47. The molecule has 0 aliphatic carbocycles. The minimum absolute atomic E-state index is 0.0667. The highest BCUT2D eigenvalue weighted by atomic mass is 35.5. The highest BCUT2D eigenvalue weighted by Gasteiger charge is 2.24. The van der Waals surface area contributed by atoms with Gasteiger partial charge in [-0.3, -0.25) is 0 Å². The summed E-state index contributed by atoms with van der Waals surface area (Å²) in [5.41, 5.74) is 0.841. The van der Waals surface area contributed by atoms with Crippen LogP contribution in [0.1, 0.15) is 30.0 Å². The smallest absolute Gasteiger partial charge is 0.341 e. The highest BCUT2D eigenvalue weighted by molar-refractivity contribution is 6.35. The SMILES string of the molecule is CC(C)Cc1onc(-c2cc(Cl)cc(Cl)c2)c1C(=O)O. The Bertz CT molecular complexity index is 630. The van der Waals surface area contributed by atoms with Crippen LogP contribution in [0.3, 0.4) is 0 Å². The van der Waals surface area contributed by atoms with Crippen molar-refractivity contribution in [3.05, 3.63) is 39.6 Å². The number of carboxylic acids is 1. The van der Waals surface area contributed by atoms with E-state index in [0.29, 0.717) is 27.8 Å². The monoisotopic (exact) mass is 313 g/mol. The third-order valence-electron chi connectivity index (χ3n) is 2.71. The van der Waals surface area contributed by atoms with Crippen LogP contribution in [-0.4, -0.2) is 16.2 Å². The molecular formula is C14H13Cl2NO3. The van der Waals surface area contributed by atoms with Crippen molar-refractivity contribution >= 4 is 29.2 Å². The number of halogens is 2. The molecule has 2 rings (SSSR count). The van der Waals surface area contributed by atoms with Crippen molar-refractivity contribution in [2.75, 3.05) is 0 Å². The number of benzene rings is 1. The van der Waals surface area contributed by atoms with Gasteiger partial charge in [0.1, 0.15) is 11.3 Å². The van der Waals surface area contributed by atoms with E-state index in [1.54, 1.807) is 18.2 Å². The zero-order valence-electron chi connectivity index (χ0n) is 11.0. The first-order chi connectivity index (χ1) is 9.38. The molecule has 106 valence electrons. The molecule has 0 fully saturated rings. The molecule has 1 N–H and O–H groups in total. The molecule has 0 unspecified atom stereocenters. The van der Waals surface area contributed by atoms with Crippen LogP contribution in [0.2, 0.25) is 10.0 Å². The summed E-state index contributed by atoms with van der Waals surface area (Å²) in [5.74, 6) is -0.455. The van der Waals surface area contributed by atoms with E-state index in [1.807, 2.05) is 13.8 Å². The van der Waals surface area contributed by atoms with Crippen molar-refractivity contribution in [2.24, 2.45) is 5.92 Å². The molecule has 4 nitrogen and oxygen atoms in total. The topological polar surface area (TPSA) is 63.3 Å². The second kappa shape index (κ2) is 5.85. The number of carboxylic acid groups (broad SMARTS) is 1. The third kappa shape index (κ3) is 3.14. The summed E-state index contributed by atoms with van der Waals surface area (Å²) < 4.78 is 5.19. The van der Waals surface area contributed by atoms with Crippen LogP contribution in [0.5, 0.6) is 0 Å². The molecule has 0 bridgehead atoms. The lowest BCUT2D eigenvalue weighted by Crippen LogP contribution is -2.04. The van der Waals surface area contributed by atoms with Crippen molar-refractivity contribution in [2.45, 2.75) is 20.3 Å². The van der Waals surface area contributed by atoms with Crippen LogP contribution in [0, 0.1) is 5.92 Å². The minimum atomic E-state index is -1.08. The average Bonchev–Trinajstić information content (AvgIpc) is 2.70. The van der Waals surface area contributed by atoms with Crippen molar-refractivity contribution in [1.82, 2.24) is 5.16 Å². The number of rotatable bonds is 4. The van der Waals surface area contributed by atoms with Crippen molar-refractivity contribution in [1.29, 1.82) is 0 Å². The van der Waals surface area contributed by atoms with E-state index in [-0.39, 0.29) is 17.2 Å². The summed E-state index contributed by atoms with van der Waals surface area (Å²) in [6, 6.07) is 4.79. The van der Waals surface area contributed by atoms with E-state index in [4.69, 9.17) is 27.7 Å². The van der Waals surface area contributed by atoms with E-state index >= 15 is 0 Å². The van der Waals surface area contributed by atoms with Gasteiger partial charge in [0.25, 0.3) is 0 Å². The molecule has 1 aromatic carbocycles. The molecule has 6 heteroatoms. The fourth-order valence-electron chi connectivity index (χ4n) is 1.94. The van der Waals surface area contributed by atoms with Gasteiger partial charge in [-0.05, 0) is 24.1 Å². The van der Waals surface area contributed by atoms with Gasteiger partial charge in [-0.2, -0.15) is 0 Å². The minimum Gasteiger partial charge on any atom is -0.477 e. The van der Waals surface area contributed by atoms with E-state index < -0.39 is 5.97 Å². The van der Waals surface area contributed by atoms with Gasteiger partial charge in [0.05, 0.1) is 0 Å². The third-order valence-corrected chi connectivity index (χ3v) is 3.14. The molecule has 0 saturated carbocycles. The van der Waals surface area contributed by atoms with Gasteiger partial charge in [0, 0.05) is 22.0 Å². The molecule has 0 aliphatic rings. The Morgan fingerprint density at radius 3 is 2.40 bits per heavy atom. The zero-order chi connectivity index (χ0) is 14.9. The van der Waals surface area contributed by atoms with Crippen LogP contribution in [0.25, 0.3) is 11.3 Å². The molecule has 0 radical (unpaired) electrons. The first-order valence-corrected chi connectivity index (χ1v) is 6.82. The average molecular weight is 314 g/mol. The van der Waals surface area contributed by atoms with E-state index in [1.165, 1.54) is 0 Å². The number of hydrogen-bond donors (Lipinski definition) is 1. The van der Waals surface area contributed by atoms with Crippen molar-refractivity contribution in [3.63, 3.8) is 0 Å². The van der Waals surface area contributed by atoms with Gasteiger partial charge in [0.15, 0.2) is 5.76 Å². The van der Waals surface area contributed by atoms with Gasteiger partial charge in [0.2, 0.25) is 0 Å². The van der Waals surface area contributed by atoms with Crippen LogP contribution < -0.4 is 0 Å². The Labute approximate surface area is 126 Å². The summed E-state index contributed by atoms with van der Waals surface area (Å²) in [6.45, 7) is 3.95. The molecule has 0 atom stereocenters. The Kier molecular flexibility index (Phi) is 4.35. The molecule has 1 heterocycles. The maximum absolute atomic E-state index is 11.5. The van der Waals surface area contributed by atoms with Gasteiger partial charge < -0.3 is 9.63 Å². The van der Waals surface area contributed by atoms with Gasteiger partial charge in [-0.25, -0.2) is 4.79 Å².